The molecule has 0 bridgehead atoms. The van der Waals surface area contributed by atoms with Crippen molar-refractivity contribution >= 4 is 11.3 Å². The number of hydrogen-bond donors (Lipinski definition) is 0. The van der Waals surface area contributed by atoms with E-state index in [4.69, 9.17) is 4.74 Å². The summed E-state index contributed by atoms with van der Waals surface area (Å²) in [5.41, 5.74) is 3.44. The fourth-order valence-electron chi connectivity index (χ4n) is 1.59. The number of rotatable bonds is 2. The lowest BCUT2D eigenvalue weighted by Gasteiger charge is -2.03. The van der Waals surface area contributed by atoms with Crippen molar-refractivity contribution in [3.05, 3.63) is 48.2 Å². The molecule has 1 aromatic carbocycles. The number of aliphatic imine (C=N–C) groups is 1. The van der Waals surface area contributed by atoms with Gasteiger partial charge < -0.3 is 4.74 Å². The third-order valence-corrected chi connectivity index (χ3v) is 2.56. The van der Waals surface area contributed by atoms with Crippen LogP contribution in [0.15, 0.2) is 47.6 Å². The van der Waals surface area contributed by atoms with Gasteiger partial charge in [0.05, 0.1) is 7.11 Å². The number of hydrogen-bond acceptors (Lipinski definition) is 2. The summed E-state index contributed by atoms with van der Waals surface area (Å²) in [6.07, 6.45) is 7.10. The molecule has 82 valence electrons. The van der Waals surface area contributed by atoms with Crippen LogP contribution in [0.4, 0.5) is 0 Å². The van der Waals surface area contributed by atoms with Crippen molar-refractivity contribution in [1.82, 2.24) is 0 Å². The molecule has 1 heterocycles. The molecular formula is C14H15NO. The summed E-state index contributed by atoms with van der Waals surface area (Å²) in [7, 11) is 1.67. The van der Waals surface area contributed by atoms with Gasteiger partial charge in [-0.3, -0.25) is 4.99 Å². The van der Waals surface area contributed by atoms with Crippen LogP contribution in [0.25, 0.3) is 5.57 Å². The summed E-state index contributed by atoms with van der Waals surface area (Å²) < 4.78 is 5.13. The zero-order valence-corrected chi connectivity index (χ0v) is 9.60. The van der Waals surface area contributed by atoms with Crippen LogP contribution in [0.1, 0.15) is 18.9 Å². The highest BCUT2D eigenvalue weighted by molar-refractivity contribution is 5.87. The van der Waals surface area contributed by atoms with Crippen LogP contribution in [-0.4, -0.2) is 12.8 Å². The van der Waals surface area contributed by atoms with Crippen molar-refractivity contribution < 1.29 is 4.74 Å². The highest BCUT2D eigenvalue weighted by Crippen LogP contribution is 2.21. The Kier molecular flexibility index (Phi) is 3.20. The van der Waals surface area contributed by atoms with Crippen molar-refractivity contribution in [3.8, 4) is 5.75 Å². The van der Waals surface area contributed by atoms with Gasteiger partial charge in [-0.1, -0.05) is 24.3 Å². The van der Waals surface area contributed by atoms with Crippen LogP contribution in [0.5, 0.6) is 5.75 Å². The number of methoxy groups -OCH3 is 1. The van der Waals surface area contributed by atoms with Crippen LogP contribution in [0.3, 0.4) is 0 Å². The van der Waals surface area contributed by atoms with Crippen molar-refractivity contribution in [2.75, 3.05) is 7.11 Å². The quantitative estimate of drug-likeness (QED) is 0.737. The second-order valence-corrected chi connectivity index (χ2v) is 3.78. The maximum Gasteiger partial charge on any atom is 0.118 e. The largest absolute Gasteiger partial charge is 0.497 e. The molecule has 0 N–H and O–H groups in total. The zero-order chi connectivity index (χ0) is 11.4. The summed E-state index contributed by atoms with van der Waals surface area (Å²) in [6.45, 7) is 2.04. The summed E-state index contributed by atoms with van der Waals surface area (Å²) in [5.74, 6) is 0.877. The number of allylic oxidation sites excluding steroid dienone is 3. The number of benzene rings is 1. The molecule has 0 saturated heterocycles. The first-order chi connectivity index (χ1) is 7.79. The van der Waals surface area contributed by atoms with E-state index in [-0.39, 0.29) is 0 Å². The fraction of sp³-hybridized carbons (Fsp3) is 0.214. The fourth-order valence-corrected chi connectivity index (χ4v) is 1.59. The van der Waals surface area contributed by atoms with E-state index in [1.165, 1.54) is 0 Å². The van der Waals surface area contributed by atoms with E-state index in [1.54, 1.807) is 7.11 Å². The first kappa shape index (κ1) is 10.7. The van der Waals surface area contributed by atoms with Crippen LogP contribution < -0.4 is 4.74 Å². The molecule has 1 aliphatic rings. The second-order valence-electron chi connectivity index (χ2n) is 3.78. The standard InChI is InChI=1S/C14H15NO/c1-11-4-3-5-13(10-15-11)12-6-8-14(16-2)9-7-12/h3,5-10H,4H2,1-2H3. The molecule has 2 heteroatoms. The van der Waals surface area contributed by atoms with Crippen LogP contribution in [-0.2, 0) is 0 Å². The maximum atomic E-state index is 5.13. The van der Waals surface area contributed by atoms with Gasteiger partial charge in [-0.2, -0.15) is 0 Å². The Hall–Kier alpha value is -1.83. The Morgan fingerprint density at radius 2 is 1.94 bits per heavy atom. The molecule has 1 aromatic rings. The van der Waals surface area contributed by atoms with Crippen molar-refractivity contribution in [1.29, 1.82) is 0 Å². The normalized spacial score (nSPS) is 15.1. The molecule has 0 fully saturated rings. The molecule has 0 atom stereocenters. The third-order valence-electron chi connectivity index (χ3n) is 2.56. The highest BCUT2D eigenvalue weighted by atomic mass is 16.5. The monoisotopic (exact) mass is 213 g/mol. The molecule has 0 amide bonds. The molecule has 1 aliphatic heterocycles. The van der Waals surface area contributed by atoms with Crippen molar-refractivity contribution in [2.24, 2.45) is 4.99 Å². The van der Waals surface area contributed by atoms with Gasteiger partial charge in [0, 0.05) is 18.3 Å². The highest BCUT2D eigenvalue weighted by Gasteiger charge is 2.01. The molecule has 16 heavy (non-hydrogen) atoms. The van der Waals surface area contributed by atoms with Gasteiger partial charge in [0.1, 0.15) is 5.75 Å². The van der Waals surface area contributed by atoms with E-state index >= 15 is 0 Å². The van der Waals surface area contributed by atoms with Gasteiger partial charge >= 0.3 is 0 Å². The number of ether oxygens (including phenoxy) is 1. The molecule has 2 rings (SSSR count). The molecule has 0 aliphatic carbocycles. The Morgan fingerprint density at radius 3 is 2.62 bits per heavy atom. The minimum absolute atomic E-state index is 0.877. The topological polar surface area (TPSA) is 21.6 Å². The molecule has 2 nitrogen and oxygen atoms in total. The van der Waals surface area contributed by atoms with E-state index < -0.39 is 0 Å². The maximum absolute atomic E-state index is 5.13. The number of nitrogens with zero attached hydrogens (tertiary/aromatic N) is 1. The van der Waals surface area contributed by atoms with Crippen LogP contribution >= 0.6 is 0 Å². The van der Waals surface area contributed by atoms with E-state index in [1.807, 2.05) is 37.4 Å². The van der Waals surface area contributed by atoms with Crippen molar-refractivity contribution in [2.45, 2.75) is 13.3 Å². The molecule has 0 spiro atoms. The SMILES string of the molecule is COc1ccc(C2=CN=C(C)CC=C2)cc1. The lowest BCUT2D eigenvalue weighted by Crippen LogP contribution is -1.84. The molecule has 0 aromatic heterocycles. The van der Waals surface area contributed by atoms with Gasteiger partial charge in [-0.25, -0.2) is 0 Å². The Morgan fingerprint density at radius 1 is 1.19 bits per heavy atom. The molecular weight excluding hydrogens is 198 g/mol. The second kappa shape index (κ2) is 4.79. The Balaban J connectivity index is 2.30. The van der Waals surface area contributed by atoms with E-state index in [0.29, 0.717) is 0 Å². The smallest absolute Gasteiger partial charge is 0.118 e. The Bertz CT molecular complexity index is 452. The summed E-state index contributed by atoms with van der Waals surface area (Å²) in [6, 6.07) is 8.02. The summed E-state index contributed by atoms with van der Waals surface area (Å²) in [4.78, 5) is 4.38. The zero-order valence-electron chi connectivity index (χ0n) is 9.60. The first-order valence-electron chi connectivity index (χ1n) is 5.34. The van der Waals surface area contributed by atoms with Crippen LogP contribution in [0, 0.1) is 0 Å². The van der Waals surface area contributed by atoms with E-state index in [0.717, 1.165) is 29.0 Å². The minimum Gasteiger partial charge on any atom is -0.497 e. The minimum atomic E-state index is 0.877. The van der Waals surface area contributed by atoms with Gasteiger partial charge in [0.2, 0.25) is 0 Å². The molecule has 0 radical (unpaired) electrons. The molecule has 0 saturated carbocycles. The van der Waals surface area contributed by atoms with E-state index in [9.17, 15) is 0 Å². The van der Waals surface area contributed by atoms with Gasteiger partial charge in [0.15, 0.2) is 0 Å². The lowest BCUT2D eigenvalue weighted by atomic mass is 10.1. The first-order valence-corrected chi connectivity index (χ1v) is 5.34. The van der Waals surface area contributed by atoms with Gasteiger partial charge in [-0.05, 0) is 30.2 Å². The molecule has 0 unspecified atom stereocenters. The Labute approximate surface area is 96.0 Å². The van der Waals surface area contributed by atoms with E-state index in [2.05, 4.69) is 17.1 Å². The summed E-state index contributed by atoms with van der Waals surface area (Å²) in [5, 5.41) is 0. The predicted octanol–water partition coefficient (Wildman–Crippen LogP) is 3.46. The van der Waals surface area contributed by atoms with Gasteiger partial charge in [-0.15, -0.1) is 0 Å². The van der Waals surface area contributed by atoms with Crippen molar-refractivity contribution in [3.63, 3.8) is 0 Å². The third kappa shape index (κ3) is 2.40. The summed E-state index contributed by atoms with van der Waals surface area (Å²) >= 11 is 0. The predicted molar refractivity (Wildman–Crippen MR) is 67.8 cm³/mol. The van der Waals surface area contributed by atoms with Gasteiger partial charge in [0.25, 0.3) is 0 Å². The average Bonchev–Trinajstić information content (AvgIpc) is 2.54. The average molecular weight is 213 g/mol. The lowest BCUT2D eigenvalue weighted by molar-refractivity contribution is 0.415. The van der Waals surface area contributed by atoms with Crippen LogP contribution in [0.2, 0.25) is 0 Å².